The molecule has 0 atom stereocenters. The highest BCUT2D eigenvalue weighted by atomic mass is 16.3. The zero-order valence-electron chi connectivity index (χ0n) is 14.9. The summed E-state index contributed by atoms with van der Waals surface area (Å²) in [5.41, 5.74) is 3.79. The van der Waals surface area contributed by atoms with Crippen molar-refractivity contribution in [3.63, 3.8) is 0 Å². The van der Waals surface area contributed by atoms with Gasteiger partial charge in [-0.2, -0.15) is 9.78 Å². The van der Waals surface area contributed by atoms with Crippen molar-refractivity contribution >= 4 is 34.4 Å². The van der Waals surface area contributed by atoms with Gasteiger partial charge in [-0.1, -0.05) is 6.07 Å². The third kappa shape index (κ3) is 3.96. The van der Waals surface area contributed by atoms with Crippen molar-refractivity contribution < 1.29 is 9.90 Å². The van der Waals surface area contributed by atoms with E-state index in [2.05, 4.69) is 26.0 Å². The largest absolute Gasteiger partial charge is 0.395 e. The molecule has 0 radical (unpaired) electrons. The number of nitrogens with zero attached hydrogens (tertiary/aromatic N) is 4. The number of amides is 1. The summed E-state index contributed by atoms with van der Waals surface area (Å²) in [5.74, 6) is 0.331. The molecule has 0 saturated heterocycles. The third-order valence-electron chi connectivity index (χ3n) is 3.83. The molecule has 0 saturated carbocycles. The molecule has 0 bridgehead atoms. The first kappa shape index (κ1) is 18.2. The molecule has 0 fully saturated rings. The first-order valence-corrected chi connectivity index (χ1v) is 8.30. The maximum atomic E-state index is 11.4. The maximum Gasteiger partial charge on any atom is 0.221 e. The van der Waals surface area contributed by atoms with Crippen LogP contribution in [0.2, 0.25) is 0 Å². The molecule has 0 aliphatic rings. The van der Waals surface area contributed by atoms with Crippen molar-refractivity contribution in [2.24, 2.45) is 0 Å². The van der Waals surface area contributed by atoms with Gasteiger partial charge in [-0.25, -0.2) is 4.98 Å². The summed E-state index contributed by atoms with van der Waals surface area (Å²) in [4.78, 5) is 15.6. The van der Waals surface area contributed by atoms with Crippen LogP contribution in [0.1, 0.15) is 18.2 Å². The third-order valence-corrected chi connectivity index (χ3v) is 3.83. The number of aliphatic hydroxyl groups excluding tert-OH is 1. The van der Waals surface area contributed by atoms with E-state index in [1.807, 2.05) is 31.2 Å². The number of aromatic nitrogens is 3. The molecule has 27 heavy (non-hydrogen) atoms. The number of hydrogen-bond donors (Lipinski definition) is 4. The number of anilines is 4. The highest BCUT2D eigenvalue weighted by Crippen LogP contribution is 2.25. The van der Waals surface area contributed by atoms with Crippen LogP contribution in [0.25, 0.3) is 5.65 Å². The SMILES string of the molecule is CC(=O)Nc1cc(Nc2cc(NCCO)c3ncc(C#N)n3n2)ccc1C. The van der Waals surface area contributed by atoms with E-state index < -0.39 is 0 Å². The number of benzene rings is 1. The molecule has 9 nitrogen and oxygen atoms in total. The van der Waals surface area contributed by atoms with Crippen LogP contribution in [-0.4, -0.2) is 38.8 Å². The summed E-state index contributed by atoms with van der Waals surface area (Å²) >= 11 is 0. The standard InChI is InChI=1S/C18H19N7O2/c1-11-3-4-13(7-15(11)22-12(2)27)23-17-8-16(20-5-6-26)18-21-10-14(9-19)25(18)24-17/h3-4,7-8,10,20,26H,5-6H2,1-2H3,(H,22,27)(H,23,24). The van der Waals surface area contributed by atoms with E-state index in [1.54, 1.807) is 6.07 Å². The Kier molecular flexibility index (Phi) is 5.19. The Bertz CT molecular complexity index is 1040. The average molecular weight is 365 g/mol. The van der Waals surface area contributed by atoms with Gasteiger partial charge in [0.25, 0.3) is 0 Å². The summed E-state index contributed by atoms with van der Waals surface area (Å²) in [6.45, 7) is 3.66. The normalized spacial score (nSPS) is 10.4. The van der Waals surface area contributed by atoms with E-state index in [4.69, 9.17) is 5.11 Å². The number of aliphatic hydroxyl groups is 1. The van der Waals surface area contributed by atoms with E-state index in [0.717, 1.165) is 11.3 Å². The van der Waals surface area contributed by atoms with Crippen LogP contribution in [0.5, 0.6) is 0 Å². The topological polar surface area (TPSA) is 127 Å². The Balaban J connectivity index is 1.99. The van der Waals surface area contributed by atoms with E-state index in [1.165, 1.54) is 17.6 Å². The van der Waals surface area contributed by atoms with E-state index in [-0.39, 0.29) is 12.5 Å². The van der Waals surface area contributed by atoms with E-state index in [0.29, 0.717) is 35.1 Å². The number of aryl methyl sites for hydroxylation is 1. The van der Waals surface area contributed by atoms with Gasteiger partial charge in [0.2, 0.25) is 5.91 Å². The minimum atomic E-state index is -0.151. The van der Waals surface area contributed by atoms with Crippen molar-refractivity contribution in [3.8, 4) is 6.07 Å². The molecule has 0 aliphatic heterocycles. The fourth-order valence-electron chi connectivity index (χ4n) is 2.60. The number of carbonyl (C=O) groups is 1. The Morgan fingerprint density at radius 3 is 2.85 bits per heavy atom. The summed E-state index contributed by atoms with van der Waals surface area (Å²) in [7, 11) is 0. The maximum absolute atomic E-state index is 11.4. The highest BCUT2D eigenvalue weighted by molar-refractivity contribution is 5.90. The van der Waals surface area contributed by atoms with Crippen LogP contribution >= 0.6 is 0 Å². The predicted octanol–water partition coefficient (Wildman–Crippen LogP) is 2.02. The minimum absolute atomic E-state index is 0.0406. The quantitative estimate of drug-likeness (QED) is 0.526. The Labute approximate surface area is 155 Å². The molecule has 0 unspecified atom stereocenters. The summed E-state index contributed by atoms with van der Waals surface area (Å²) in [5, 5.41) is 31.8. The van der Waals surface area contributed by atoms with Crippen LogP contribution in [0.3, 0.4) is 0 Å². The number of imidazole rings is 1. The molecule has 2 heterocycles. The number of nitriles is 1. The van der Waals surface area contributed by atoms with Gasteiger partial charge in [-0.05, 0) is 24.6 Å². The highest BCUT2D eigenvalue weighted by Gasteiger charge is 2.12. The molecule has 9 heteroatoms. The number of nitrogens with one attached hydrogen (secondary N) is 3. The molecule has 0 aliphatic carbocycles. The van der Waals surface area contributed by atoms with Crippen LogP contribution in [0.15, 0.2) is 30.5 Å². The second-order valence-electron chi connectivity index (χ2n) is 5.92. The van der Waals surface area contributed by atoms with Crippen LogP contribution in [0, 0.1) is 18.3 Å². The summed E-state index contributed by atoms with van der Waals surface area (Å²) < 4.78 is 1.44. The van der Waals surface area contributed by atoms with Gasteiger partial charge in [-0.15, -0.1) is 5.10 Å². The molecule has 3 aromatic rings. The molecular weight excluding hydrogens is 346 g/mol. The lowest BCUT2D eigenvalue weighted by Gasteiger charge is -2.13. The lowest BCUT2D eigenvalue weighted by Crippen LogP contribution is -2.10. The van der Waals surface area contributed by atoms with Gasteiger partial charge in [0.05, 0.1) is 18.5 Å². The first-order chi connectivity index (χ1) is 13.0. The van der Waals surface area contributed by atoms with Crippen LogP contribution in [-0.2, 0) is 4.79 Å². The second-order valence-corrected chi connectivity index (χ2v) is 5.92. The van der Waals surface area contributed by atoms with Crippen LogP contribution in [0.4, 0.5) is 22.9 Å². The zero-order chi connectivity index (χ0) is 19.4. The lowest BCUT2D eigenvalue weighted by molar-refractivity contribution is -0.114. The number of fused-ring (bicyclic) bond motifs is 1. The van der Waals surface area contributed by atoms with Crippen molar-refractivity contribution in [3.05, 3.63) is 41.7 Å². The summed E-state index contributed by atoms with van der Waals surface area (Å²) in [6, 6.07) is 9.35. The van der Waals surface area contributed by atoms with Crippen LogP contribution < -0.4 is 16.0 Å². The Morgan fingerprint density at radius 1 is 1.33 bits per heavy atom. The van der Waals surface area contributed by atoms with Crippen molar-refractivity contribution in [1.82, 2.24) is 14.6 Å². The molecule has 1 aromatic carbocycles. The molecule has 138 valence electrons. The number of carbonyl (C=O) groups excluding carboxylic acids is 1. The molecule has 2 aromatic heterocycles. The molecule has 3 rings (SSSR count). The Morgan fingerprint density at radius 2 is 2.15 bits per heavy atom. The van der Waals surface area contributed by atoms with Gasteiger partial charge >= 0.3 is 0 Å². The van der Waals surface area contributed by atoms with Gasteiger partial charge in [-0.3, -0.25) is 4.79 Å². The van der Waals surface area contributed by atoms with E-state index in [9.17, 15) is 10.1 Å². The summed E-state index contributed by atoms with van der Waals surface area (Å²) in [6.07, 6.45) is 1.44. The smallest absolute Gasteiger partial charge is 0.221 e. The van der Waals surface area contributed by atoms with Crippen molar-refractivity contribution in [2.75, 3.05) is 29.1 Å². The number of hydrogen-bond acceptors (Lipinski definition) is 7. The predicted molar refractivity (Wildman–Crippen MR) is 102 cm³/mol. The van der Waals surface area contributed by atoms with E-state index >= 15 is 0 Å². The fourth-order valence-corrected chi connectivity index (χ4v) is 2.60. The number of rotatable bonds is 6. The molecular formula is C18H19N7O2. The average Bonchev–Trinajstić information content (AvgIpc) is 3.05. The molecule has 0 spiro atoms. The van der Waals surface area contributed by atoms with Gasteiger partial charge < -0.3 is 21.1 Å². The monoisotopic (exact) mass is 365 g/mol. The fraction of sp³-hybridized carbons (Fsp3) is 0.222. The second kappa shape index (κ2) is 7.72. The zero-order valence-corrected chi connectivity index (χ0v) is 14.9. The van der Waals surface area contributed by atoms with Crippen molar-refractivity contribution in [2.45, 2.75) is 13.8 Å². The minimum Gasteiger partial charge on any atom is -0.395 e. The Hall–Kier alpha value is -3.64. The molecule has 4 N–H and O–H groups in total. The van der Waals surface area contributed by atoms with Gasteiger partial charge in [0.1, 0.15) is 6.07 Å². The van der Waals surface area contributed by atoms with Crippen molar-refractivity contribution in [1.29, 1.82) is 5.26 Å². The first-order valence-electron chi connectivity index (χ1n) is 8.30. The van der Waals surface area contributed by atoms with Gasteiger partial charge in [0, 0.05) is 30.9 Å². The molecule has 1 amide bonds. The van der Waals surface area contributed by atoms with Gasteiger partial charge in [0.15, 0.2) is 17.2 Å². The lowest BCUT2D eigenvalue weighted by atomic mass is 10.1.